The third-order valence-electron chi connectivity index (χ3n) is 2.68. The van der Waals surface area contributed by atoms with Gasteiger partial charge in [-0.1, -0.05) is 15.9 Å². The van der Waals surface area contributed by atoms with E-state index in [0.717, 1.165) is 10.3 Å². The van der Waals surface area contributed by atoms with E-state index in [2.05, 4.69) is 31.4 Å². The summed E-state index contributed by atoms with van der Waals surface area (Å²) in [5.74, 6) is -0.104. The molecule has 0 saturated heterocycles. The average molecular weight is 325 g/mol. The molecule has 6 nitrogen and oxygen atoms in total. The Morgan fingerprint density at radius 3 is 2.95 bits per heavy atom. The van der Waals surface area contributed by atoms with Gasteiger partial charge in [-0.25, -0.2) is 4.79 Å². The highest BCUT2D eigenvalue weighted by Crippen LogP contribution is 2.21. The number of nitrogens with zero attached hydrogens (tertiary/aromatic N) is 3. The third-order valence-corrected chi connectivity index (χ3v) is 3.17. The Morgan fingerprint density at radius 2 is 2.32 bits per heavy atom. The topological polar surface area (TPSA) is 80.0 Å². The Kier molecular flexibility index (Phi) is 4.16. The third kappa shape index (κ3) is 3.31. The Bertz CT molecular complexity index is 597. The van der Waals surface area contributed by atoms with E-state index >= 15 is 0 Å². The van der Waals surface area contributed by atoms with Crippen molar-refractivity contribution in [1.29, 1.82) is 0 Å². The second kappa shape index (κ2) is 5.83. The Hall–Kier alpha value is -1.89. The van der Waals surface area contributed by atoms with Crippen LogP contribution in [0, 0.1) is 0 Å². The molecule has 0 fully saturated rings. The Morgan fingerprint density at radius 1 is 1.53 bits per heavy atom. The van der Waals surface area contributed by atoms with Crippen molar-refractivity contribution in [3.05, 3.63) is 40.4 Å². The van der Waals surface area contributed by atoms with Gasteiger partial charge in [0.15, 0.2) is 0 Å². The molecular weight excluding hydrogens is 312 g/mol. The quantitative estimate of drug-likeness (QED) is 0.878. The van der Waals surface area contributed by atoms with Crippen molar-refractivity contribution in [3.8, 4) is 0 Å². The van der Waals surface area contributed by atoms with Gasteiger partial charge in [0, 0.05) is 30.2 Å². The summed E-state index contributed by atoms with van der Waals surface area (Å²) in [5.41, 5.74) is 0.838. The van der Waals surface area contributed by atoms with Crippen LogP contribution in [0.1, 0.15) is 16.2 Å². The summed E-state index contributed by atoms with van der Waals surface area (Å²) in [5, 5.41) is 20.0. The lowest BCUT2D eigenvalue weighted by Gasteiger charge is -2.09. The zero-order valence-corrected chi connectivity index (χ0v) is 11.9. The van der Waals surface area contributed by atoms with Gasteiger partial charge in [-0.15, -0.1) is 10.2 Å². The maximum Gasteiger partial charge on any atom is 0.337 e. The van der Waals surface area contributed by atoms with Crippen molar-refractivity contribution in [1.82, 2.24) is 14.8 Å². The first kappa shape index (κ1) is 13.5. The van der Waals surface area contributed by atoms with Crippen LogP contribution in [0.15, 0.2) is 29.0 Å². The smallest absolute Gasteiger partial charge is 0.337 e. The minimum Gasteiger partial charge on any atom is -0.478 e. The summed E-state index contributed by atoms with van der Waals surface area (Å²) in [6.45, 7) is 0.587. The summed E-state index contributed by atoms with van der Waals surface area (Å²) in [6.07, 6.45) is 2.30. The van der Waals surface area contributed by atoms with Gasteiger partial charge in [0.25, 0.3) is 0 Å². The first-order valence-electron chi connectivity index (χ1n) is 5.67. The number of benzene rings is 1. The van der Waals surface area contributed by atoms with Crippen LogP contribution in [0.3, 0.4) is 0 Å². The van der Waals surface area contributed by atoms with Crippen molar-refractivity contribution < 1.29 is 9.90 Å². The van der Waals surface area contributed by atoms with E-state index in [4.69, 9.17) is 5.11 Å². The van der Waals surface area contributed by atoms with E-state index in [1.165, 1.54) is 0 Å². The number of rotatable bonds is 5. The van der Waals surface area contributed by atoms with Crippen LogP contribution in [-0.4, -0.2) is 32.4 Å². The fraction of sp³-hybridized carbons (Fsp3) is 0.250. The molecule has 1 heterocycles. The number of carbonyl (C=O) groups is 1. The van der Waals surface area contributed by atoms with E-state index < -0.39 is 5.97 Å². The molecule has 1 aromatic carbocycles. The number of halogens is 1. The lowest BCUT2D eigenvalue weighted by Crippen LogP contribution is -2.11. The molecule has 0 aliphatic heterocycles. The van der Waals surface area contributed by atoms with Gasteiger partial charge < -0.3 is 15.0 Å². The summed E-state index contributed by atoms with van der Waals surface area (Å²) < 4.78 is 2.67. The van der Waals surface area contributed by atoms with Gasteiger partial charge in [0.05, 0.1) is 5.56 Å². The number of carboxylic acid groups (broad SMARTS) is 1. The maximum atomic E-state index is 11.1. The number of hydrogen-bond donors (Lipinski definition) is 2. The van der Waals surface area contributed by atoms with Crippen LogP contribution in [0.2, 0.25) is 0 Å². The van der Waals surface area contributed by atoms with Gasteiger partial charge in [0.1, 0.15) is 12.2 Å². The molecule has 0 spiro atoms. The molecule has 0 radical (unpaired) electrons. The van der Waals surface area contributed by atoms with E-state index in [-0.39, 0.29) is 5.56 Å². The number of aromatic nitrogens is 3. The Labute approximate surface area is 118 Å². The molecule has 0 unspecified atom stereocenters. The van der Waals surface area contributed by atoms with Gasteiger partial charge in [-0.2, -0.15) is 0 Å². The number of hydrogen-bond acceptors (Lipinski definition) is 4. The van der Waals surface area contributed by atoms with Crippen LogP contribution < -0.4 is 5.32 Å². The standard InChI is InChI=1S/C12H13BrN4O2/c1-17-7-15-16-11(17)4-5-14-10-6-8(13)2-3-9(10)12(18)19/h2-3,6-7,14H,4-5H2,1H3,(H,18,19). The highest BCUT2D eigenvalue weighted by molar-refractivity contribution is 9.10. The number of aryl methyl sites for hydroxylation is 1. The fourth-order valence-corrected chi connectivity index (χ4v) is 2.05. The van der Waals surface area contributed by atoms with E-state index in [1.807, 2.05) is 11.6 Å². The zero-order valence-electron chi connectivity index (χ0n) is 10.3. The SMILES string of the molecule is Cn1cnnc1CCNc1cc(Br)ccc1C(=O)O. The number of anilines is 1. The van der Waals surface area contributed by atoms with Crippen molar-refractivity contribution in [2.75, 3.05) is 11.9 Å². The van der Waals surface area contributed by atoms with E-state index in [0.29, 0.717) is 18.7 Å². The number of nitrogens with one attached hydrogen (secondary N) is 1. The van der Waals surface area contributed by atoms with Gasteiger partial charge in [-0.3, -0.25) is 0 Å². The summed E-state index contributed by atoms with van der Waals surface area (Å²) in [4.78, 5) is 11.1. The first-order chi connectivity index (χ1) is 9.08. The molecule has 0 aliphatic carbocycles. The molecule has 1 aromatic heterocycles. The monoisotopic (exact) mass is 324 g/mol. The summed E-state index contributed by atoms with van der Waals surface area (Å²) in [7, 11) is 1.87. The lowest BCUT2D eigenvalue weighted by atomic mass is 10.2. The molecule has 0 amide bonds. The molecule has 19 heavy (non-hydrogen) atoms. The minimum atomic E-state index is -0.950. The maximum absolute atomic E-state index is 11.1. The van der Waals surface area contributed by atoms with Crippen molar-refractivity contribution in [3.63, 3.8) is 0 Å². The molecule has 7 heteroatoms. The first-order valence-corrected chi connectivity index (χ1v) is 6.47. The van der Waals surface area contributed by atoms with Gasteiger partial charge >= 0.3 is 5.97 Å². The molecule has 2 aromatic rings. The van der Waals surface area contributed by atoms with Crippen molar-refractivity contribution in [2.24, 2.45) is 7.05 Å². The molecule has 0 saturated carbocycles. The summed E-state index contributed by atoms with van der Waals surface area (Å²) >= 11 is 3.33. The van der Waals surface area contributed by atoms with Gasteiger partial charge in [-0.05, 0) is 18.2 Å². The zero-order chi connectivity index (χ0) is 13.8. The molecule has 0 aliphatic rings. The van der Waals surface area contributed by atoms with Crippen LogP contribution in [0.4, 0.5) is 5.69 Å². The predicted octanol–water partition coefficient (Wildman–Crippen LogP) is 1.93. The molecule has 2 N–H and O–H groups in total. The molecule has 0 atom stereocenters. The fourth-order valence-electron chi connectivity index (χ4n) is 1.69. The second-order valence-corrected chi connectivity index (χ2v) is 4.95. The van der Waals surface area contributed by atoms with Crippen molar-refractivity contribution in [2.45, 2.75) is 6.42 Å². The van der Waals surface area contributed by atoms with Crippen LogP contribution in [0.5, 0.6) is 0 Å². The van der Waals surface area contributed by atoms with Crippen molar-refractivity contribution >= 4 is 27.6 Å². The second-order valence-electron chi connectivity index (χ2n) is 4.03. The van der Waals surface area contributed by atoms with Crippen LogP contribution in [-0.2, 0) is 13.5 Å². The van der Waals surface area contributed by atoms with Crippen LogP contribution in [0.25, 0.3) is 0 Å². The molecule has 100 valence electrons. The highest BCUT2D eigenvalue weighted by atomic mass is 79.9. The highest BCUT2D eigenvalue weighted by Gasteiger charge is 2.10. The summed E-state index contributed by atoms with van der Waals surface area (Å²) in [6, 6.07) is 5.02. The van der Waals surface area contributed by atoms with Gasteiger partial charge in [0.2, 0.25) is 0 Å². The van der Waals surface area contributed by atoms with E-state index in [1.54, 1.807) is 24.5 Å². The van der Waals surface area contributed by atoms with E-state index in [9.17, 15) is 4.79 Å². The molecule has 2 rings (SSSR count). The van der Waals surface area contributed by atoms with Crippen LogP contribution >= 0.6 is 15.9 Å². The molecule has 0 bridgehead atoms. The number of carboxylic acids is 1. The lowest BCUT2D eigenvalue weighted by molar-refractivity contribution is 0.0698. The Balaban J connectivity index is 2.05. The largest absolute Gasteiger partial charge is 0.478 e. The number of aromatic carboxylic acids is 1. The molecular formula is C12H13BrN4O2. The normalized spacial score (nSPS) is 10.4. The predicted molar refractivity (Wildman–Crippen MR) is 74.3 cm³/mol. The average Bonchev–Trinajstić information content (AvgIpc) is 2.75. The minimum absolute atomic E-state index is 0.251.